The van der Waals surface area contributed by atoms with Crippen molar-refractivity contribution in [2.45, 2.75) is 4.90 Å². The molecule has 0 unspecified atom stereocenters. The van der Waals surface area contributed by atoms with Gasteiger partial charge in [0.15, 0.2) is 5.78 Å². The van der Waals surface area contributed by atoms with Crippen LogP contribution in [0.4, 0.5) is 0 Å². The molecule has 0 heterocycles. The van der Waals surface area contributed by atoms with Crippen LogP contribution in [0, 0.1) is 0 Å². The summed E-state index contributed by atoms with van der Waals surface area (Å²) in [7, 11) is 0. The number of hydrogen-bond acceptors (Lipinski definition) is 2. The average Bonchev–Trinajstić information content (AvgIpc) is 2.37. The molecule has 2 rings (SSSR count). The molecule has 1 nitrogen and oxygen atoms in total. The summed E-state index contributed by atoms with van der Waals surface area (Å²) in [6.07, 6.45) is 1.91. The maximum Gasteiger partial charge on any atom is 0.197 e. The number of benzene rings is 2. The summed E-state index contributed by atoms with van der Waals surface area (Å²) in [6, 6.07) is 10.4. The number of halogens is 3. The SMILES string of the molecule is CSc1ccccc1C(=O)c1c(Cl)cc(Cl)cc1Cl. The highest BCUT2D eigenvalue weighted by atomic mass is 35.5. The van der Waals surface area contributed by atoms with E-state index < -0.39 is 0 Å². The van der Waals surface area contributed by atoms with Crippen LogP contribution in [-0.4, -0.2) is 12.0 Å². The number of thioether (sulfide) groups is 1. The maximum atomic E-state index is 12.6. The van der Waals surface area contributed by atoms with Crippen molar-refractivity contribution in [1.29, 1.82) is 0 Å². The van der Waals surface area contributed by atoms with Crippen molar-refractivity contribution in [2.24, 2.45) is 0 Å². The molecular formula is C14H9Cl3OS. The van der Waals surface area contributed by atoms with E-state index in [1.165, 1.54) is 23.9 Å². The van der Waals surface area contributed by atoms with Gasteiger partial charge in [0.25, 0.3) is 0 Å². The molecule has 0 aliphatic heterocycles. The van der Waals surface area contributed by atoms with Gasteiger partial charge in [0.1, 0.15) is 0 Å². The van der Waals surface area contributed by atoms with Gasteiger partial charge < -0.3 is 0 Å². The molecule has 0 radical (unpaired) electrons. The zero-order valence-electron chi connectivity index (χ0n) is 9.91. The molecule has 0 bridgehead atoms. The van der Waals surface area contributed by atoms with E-state index in [1.54, 1.807) is 6.07 Å². The minimum Gasteiger partial charge on any atom is -0.288 e. The fraction of sp³-hybridized carbons (Fsp3) is 0.0714. The van der Waals surface area contributed by atoms with Gasteiger partial charge in [-0.3, -0.25) is 4.79 Å². The summed E-state index contributed by atoms with van der Waals surface area (Å²) < 4.78 is 0. The highest BCUT2D eigenvalue weighted by Crippen LogP contribution is 2.32. The average molecular weight is 332 g/mol. The van der Waals surface area contributed by atoms with Crippen molar-refractivity contribution < 1.29 is 4.79 Å². The molecule has 98 valence electrons. The predicted molar refractivity (Wildman–Crippen MR) is 83.1 cm³/mol. The molecule has 0 amide bonds. The van der Waals surface area contributed by atoms with Gasteiger partial charge >= 0.3 is 0 Å². The molecule has 0 aliphatic carbocycles. The van der Waals surface area contributed by atoms with Crippen LogP contribution in [0.1, 0.15) is 15.9 Å². The van der Waals surface area contributed by atoms with Gasteiger partial charge in [-0.25, -0.2) is 0 Å². The second-order valence-corrected chi connectivity index (χ2v) is 5.87. The van der Waals surface area contributed by atoms with Crippen LogP contribution in [-0.2, 0) is 0 Å². The van der Waals surface area contributed by atoms with Crippen LogP contribution in [0.2, 0.25) is 15.1 Å². The Kier molecular flexibility index (Phi) is 4.80. The Morgan fingerprint density at radius 1 is 1.05 bits per heavy atom. The second kappa shape index (κ2) is 6.19. The number of carbonyl (C=O) groups is 1. The minimum atomic E-state index is -0.198. The van der Waals surface area contributed by atoms with Gasteiger partial charge in [-0.2, -0.15) is 0 Å². The van der Waals surface area contributed by atoms with Crippen LogP contribution in [0.15, 0.2) is 41.3 Å². The third-order valence-electron chi connectivity index (χ3n) is 2.59. The Hall–Kier alpha value is -0.670. The first kappa shape index (κ1) is 14.7. The monoisotopic (exact) mass is 330 g/mol. The summed E-state index contributed by atoms with van der Waals surface area (Å²) in [6.45, 7) is 0. The van der Waals surface area contributed by atoms with E-state index in [4.69, 9.17) is 34.8 Å². The van der Waals surface area contributed by atoms with Crippen molar-refractivity contribution in [3.63, 3.8) is 0 Å². The molecule has 5 heteroatoms. The van der Waals surface area contributed by atoms with Gasteiger partial charge in [0.2, 0.25) is 0 Å². The van der Waals surface area contributed by atoms with Crippen molar-refractivity contribution in [3.05, 3.63) is 62.6 Å². The number of hydrogen-bond donors (Lipinski definition) is 0. The minimum absolute atomic E-state index is 0.198. The Balaban J connectivity index is 2.57. The van der Waals surface area contributed by atoms with Gasteiger partial charge in [-0.05, 0) is 30.5 Å². The molecule has 19 heavy (non-hydrogen) atoms. The summed E-state index contributed by atoms with van der Waals surface area (Å²) in [4.78, 5) is 13.4. The largest absolute Gasteiger partial charge is 0.288 e. The van der Waals surface area contributed by atoms with E-state index in [0.29, 0.717) is 10.6 Å². The Morgan fingerprint density at radius 3 is 2.21 bits per heavy atom. The molecule has 0 N–H and O–H groups in total. The topological polar surface area (TPSA) is 17.1 Å². The first-order valence-electron chi connectivity index (χ1n) is 5.37. The second-order valence-electron chi connectivity index (χ2n) is 3.77. The Morgan fingerprint density at radius 2 is 1.63 bits per heavy atom. The number of rotatable bonds is 3. The van der Waals surface area contributed by atoms with Crippen LogP contribution < -0.4 is 0 Å². The lowest BCUT2D eigenvalue weighted by atomic mass is 10.0. The first-order valence-corrected chi connectivity index (χ1v) is 7.72. The molecule has 0 spiro atoms. The van der Waals surface area contributed by atoms with E-state index in [9.17, 15) is 4.79 Å². The lowest BCUT2D eigenvalue weighted by Crippen LogP contribution is -2.05. The third-order valence-corrected chi connectivity index (χ3v) is 4.20. The summed E-state index contributed by atoms with van der Waals surface area (Å²) >= 11 is 19.5. The molecule has 0 fully saturated rings. The molecule has 0 aliphatic rings. The van der Waals surface area contributed by atoms with Crippen molar-refractivity contribution in [1.82, 2.24) is 0 Å². The Bertz CT molecular complexity index is 617. The van der Waals surface area contributed by atoms with Crippen LogP contribution >= 0.6 is 46.6 Å². The smallest absolute Gasteiger partial charge is 0.197 e. The van der Waals surface area contributed by atoms with Gasteiger partial charge in [0.05, 0.1) is 15.6 Å². The zero-order chi connectivity index (χ0) is 14.0. The first-order chi connectivity index (χ1) is 9.04. The molecule has 0 aromatic heterocycles. The van der Waals surface area contributed by atoms with E-state index in [-0.39, 0.29) is 21.4 Å². The van der Waals surface area contributed by atoms with E-state index in [0.717, 1.165) is 4.90 Å². The van der Waals surface area contributed by atoms with Crippen LogP contribution in [0.25, 0.3) is 0 Å². The van der Waals surface area contributed by atoms with E-state index >= 15 is 0 Å². The number of ketones is 1. The summed E-state index contributed by atoms with van der Waals surface area (Å²) in [5.41, 5.74) is 0.871. The fourth-order valence-corrected chi connectivity index (χ4v) is 3.31. The lowest BCUT2D eigenvalue weighted by molar-refractivity contribution is 0.103. The molecule has 2 aromatic rings. The van der Waals surface area contributed by atoms with Crippen LogP contribution in [0.3, 0.4) is 0 Å². The van der Waals surface area contributed by atoms with Gasteiger partial charge in [-0.15, -0.1) is 11.8 Å². The highest BCUT2D eigenvalue weighted by Gasteiger charge is 2.19. The fourth-order valence-electron chi connectivity index (χ4n) is 1.73. The van der Waals surface area contributed by atoms with Crippen molar-refractivity contribution in [2.75, 3.05) is 6.26 Å². The molecule has 0 saturated carbocycles. The summed E-state index contributed by atoms with van der Waals surface area (Å²) in [5.74, 6) is -0.198. The van der Waals surface area contributed by atoms with E-state index in [1.807, 2.05) is 24.5 Å². The quantitative estimate of drug-likeness (QED) is 0.538. The molecular weight excluding hydrogens is 323 g/mol. The third kappa shape index (κ3) is 3.09. The zero-order valence-corrected chi connectivity index (χ0v) is 13.0. The van der Waals surface area contributed by atoms with E-state index in [2.05, 4.69) is 0 Å². The molecule has 0 saturated heterocycles. The maximum absolute atomic E-state index is 12.6. The Labute approximate surface area is 130 Å². The molecule has 2 aromatic carbocycles. The highest BCUT2D eigenvalue weighted by molar-refractivity contribution is 7.98. The van der Waals surface area contributed by atoms with Crippen LogP contribution in [0.5, 0.6) is 0 Å². The standard InChI is InChI=1S/C14H9Cl3OS/c1-19-12-5-3-2-4-9(12)14(18)13-10(16)6-8(15)7-11(13)17/h2-7H,1H3. The van der Waals surface area contributed by atoms with Gasteiger partial charge in [0, 0.05) is 15.5 Å². The molecule has 0 atom stereocenters. The van der Waals surface area contributed by atoms with Crippen molar-refractivity contribution >= 4 is 52.3 Å². The predicted octanol–water partition coefficient (Wildman–Crippen LogP) is 5.60. The van der Waals surface area contributed by atoms with Crippen molar-refractivity contribution in [3.8, 4) is 0 Å². The normalized spacial score (nSPS) is 10.5. The lowest BCUT2D eigenvalue weighted by Gasteiger charge is -2.09. The summed E-state index contributed by atoms with van der Waals surface area (Å²) in [5, 5.41) is 0.932. The van der Waals surface area contributed by atoms with Gasteiger partial charge in [-0.1, -0.05) is 46.9 Å². The number of carbonyl (C=O) groups excluding carboxylic acids is 1.